The highest BCUT2D eigenvalue weighted by atomic mass is 19.1. The summed E-state index contributed by atoms with van der Waals surface area (Å²) in [6.07, 6.45) is 6.10. The number of rotatable bonds is 1. The van der Waals surface area contributed by atoms with Gasteiger partial charge in [0.15, 0.2) is 0 Å². The largest absolute Gasteiger partial charge is 0.328 e. The summed E-state index contributed by atoms with van der Waals surface area (Å²) in [6, 6.07) is 7.18. The Bertz CT molecular complexity index is 306. The Hall–Kier alpha value is -0.890. The lowest BCUT2D eigenvalue weighted by Gasteiger charge is -2.22. The lowest BCUT2D eigenvalue weighted by molar-refractivity contribution is 0.348. The van der Waals surface area contributed by atoms with E-state index in [4.69, 9.17) is 5.73 Å². The summed E-state index contributed by atoms with van der Waals surface area (Å²) in [5, 5.41) is 0. The smallest absolute Gasteiger partial charge is 0.123 e. The average Bonchev–Trinajstić information content (AvgIpc) is 2.34. The molecule has 2 N–H and O–H groups in total. The van der Waals surface area contributed by atoms with Crippen molar-refractivity contribution in [1.82, 2.24) is 0 Å². The number of nitrogens with two attached hydrogens (primary N) is 1. The van der Waals surface area contributed by atoms with Gasteiger partial charge in [0.1, 0.15) is 5.82 Å². The number of halogens is 1. The molecule has 1 fully saturated rings. The van der Waals surface area contributed by atoms with E-state index < -0.39 is 0 Å². The summed E-state index contributed by atoms with van der Waals surface area (Å²) in [4.78, 5) is 0. The predicted octanol–water partition coefficient (Wildman–Crippen LogP) is 3.91. The monoisotopic (exact) mass is 237 g/mol. The maximum Gasteiger partial charge on any atom is 0.123 e. The van der Waals surface area contributed by atoms with Gasteiger partial charge in [-0.25, -0.2) is 4.39 Å². The van der Waals surface area contributed by atoms with Crippen LogP contribution in [0.5, 0.6) is 0 Å². The van der Waals surface area contributed by atoms with Gasteiger partial charge in [0.05, 0.1) is 0 Å². The van der Waals surface area contributed by atoms with Crippen molar-refractivity contribution in [2.75, 3.05) is 0 Å². The van der Waals surface area contributed by atoms with Gasteiger partial charge in [-0.2, -0.15) is 0 Å². The van der Waals surface area contributed by atoms with E-state index in [1.54, 1.807) is 12.1 Å². The summed E-state index contributed by atoms with van der Waals surface area (Å²) in [5.74, 6) is 0.796. The maximum atomic E-state index is 12.4. The van der Waals surface area contributed by atoms with Crippen molar-refractivity contribution in [2.24, 2.45) is 11.7 Å². The van der Waals surface area contributed by atoms with Crippen LogP contribution in [0.2, 0.25) is 0 Å². The normalized spacial score (nSPS) is 23.8. The van der Waals surface area contributed by atoms with E-state index in [1.807, 2.05) is 13.0 Å². The zero-order chi connectivity index (χ0) is 12.7. The van der Waals surface area contributed by atoms with Crippen LogP contribution in [-0.2, 0) is 6.42 Å². The molecule has 0 radical (unpaired) electrons. The molecule has 96 valence electrons. The molecule has 1 aromatic rings. The Balaban J connectivity index is 0.000000171. The third-order valence-corrected chi connectivity index (χ3v) is 3.36. The van der Waals surface area contributed by atoms with Gasteiger partial charge in [0.2, 0.25) is 0 Å². The van der Waals surface area contributed by atoms with Gasteiger partial charge in [0, 0.05) is 6.04 Å². The van der Waals surface area contributed by atoms with E-state index in [2.05, 4.69) is 6.92 Å². The highest BCUT2D eigenvalue weighted by Crippen LogP contribution is 2.21. The molecule has 1 aliphatic carbocycles. The van der Waals surface area contributed by atoms with Gasteiger partial charge < -0.3 is 5.73 Å². The van der Waals surface area contributed by atoms with E-state index in [0.29, 0.717) is 6.04 Å². The second kappa shape index (κ2) is 7.44. The zero-order valence-electron chi connectivity index (χ0n) is 11.0. The molecule has 1 aliphatic rings. The van der Waals surface area contributed by atoms with Crippen LogP contribution in [-0.4, -0.2) is 6.04 Å². The highest BCUT2D eigenvalue weighted by molar-refractivity contribution is 5.15. The molecule has 1 aromatic carbocycles. The fraction of sp³-hybridized carbons (Fsp3) is 0.600. The van der Waals surface area contributed by atoms with Crippen molar-refractivity contribution in [3.8, 4) is 0 Å². The summed E-state index contributed by atoms with van der Waals surface area (Å²) in [6.45, 7) is 4.32. The lowest BCUT2D eigenvalue weighted by Crippen LogP contribution is -2.25. The SMILES string of the molecule is CC1CCC(N)CC1.CCc1cccc(F)c1. The fourth-order valence-electron chi connectivity index (χ4n) is 2.04. The first-order chi connectivity index (χ1) is 8.11. The molecule has 0 aliphatic heterocycles. The Morgan fingerprint density at radius 1 is 1.24 bits per heavy atom. The van der Waals surface area contributed by atoms with E-state index >= 15 is 0 Å². The van der Waals surface area contributed by atoms with E-state index in [0.717, 1.165) is 17.9 Å². The second-order valence-electron chi connectivity index (χ2n) is 5.00. The molecule has 1 saturated carbocycles. The molecule has 17 heavy (non-hydrogen) atoms. The van der Waals surface area contributed by atoms with E-state index in [-0.39, 0.29) is 5.82 Å². The molecule has 0 heterocycles. The maximum absolute atomic E-state index is 12.4. The minimum atomic E-state index is -0.144. The third-order valence-electron chi connectivity index (χ3n) is 3.36. The second-order valence-corrected chi connectivity index (χ2v) is 5.00. The molecule has 2 rings (SSSR count). The Labute approximate surface area is 104 Å². The van der Waals surface area contributed by atoms with Crippen LogP contribution in [0.15, 0.2) is 24.3 Å². The van der Waals surface area contributed by atoms with Crippen LogP contribution in [0, 0.1) is 11.7 Å². The molecule has 1 nitrogen and oxygen atoms in total. The van der Waals surface area contributed by atoms with Gasteiger partial charge >= 0.3 is 0 Å². The minimum Gasteiger partial charge on any atom is -0.328 e. The molecular formula is C15H24FN. The van der Waals surface area contributed by atoms with Crippen molar-refractivity contribution >= 4 is 0 Å². The van der Waals surface area contributed by atoms with Crippen molar-refractivity contribution < 1.29 is 4.39 Å². The molecule has 0 unspecified atom stereocenters. The molecule has 0 spiro atoms. The van der Waals surface area contributed by atoms with Crippen LogP contribution in [0.4, 0.5) is 4.39 Å². The number of aryl methyl sites for hydroxylation is 1. The summed E-state index contributed by atoms with van der Waals surface area (Å²) in [5.41, 5.74) is 6.75. The molecule has 0 amide bonds. The van der Waals surface area contributed by atoms with Crippen LogP contribution in [0.1, 0.15) is 45.1 Å². The van der Waals surface area contributed by atoms with Crippen LogP contribution in [0.25, 0.3) is 0 Å². The van der Waals surface area contributed by atoms with Crippen LogP contribution < -0.4 is 5.73 Å². The lowest BCUT2D eigenvalue weighted by atomic mass is 9.88. The Morgan fingerprint density at radius 3 is 2.29 bits per heavy atom. The first-order valence-corrected chi connectivity index (χ1v) is 6.61. The Morgan fingerprint density at radius 2 is 1.88 bits per heavy atom. The van der Waals surface area contributed by atoms with Crippen molar-refractivity contribution in [3.05, 3.63) is 35.6 Å². The summed E-state index contributed by atoms with van der Waals surface area (Å²) < 4.78 is 12.4. The van der Waals surface area contributed by atoms with Gasteiger partial charge in [-0.15, -0.1) is 0 Å². The number of hydrogen-bond donors (Lipinski definition) is 1. The average molecular weight is 237 g/mol. The zero-order valence-corrected chi connectivity index (χ0v) is 11.0. The predicted molar refractivity (Wildman–Crippen MR) is 71.4 cm³/mol. The topological polar surface area (TPSA) is 26.0 Å². The first-order valence-electron chi connectivity index (χ1n) is 6.61. The van der Waals surface area contributed by atoms with Gasteiger partial charge in [-0.3, -0.25) is 0 Å². The fourth-order valence-corrected chi connectivity index (χ4v) is 2.04. The van der Waals surface area contributed by atoms with Crippen LogP contribution in [0.3, 0.4) is 0 Å². The first kappa shape index (κ1) is 14.2. The molecular weight excluding hydrogens is 213 g/mol. The van der Waals surface area contributed by atoms with Gasteiger partial charge in [-0.05, 0) is 55.7 Å². The number of benzene rings is 1. The summed E-state index contributed by atoms with van der Waals surface area (Å²) >= 11 is 0. The van der Waals surface area contributed by atoms with Crippen molar-refractivity contribution in [2.45, 2.75) is 52.0 Å². The van der Waals surface area contributed by atoms with E-state index in [9.17, 15) is 4.39 Å². The van der Waals surface area contributed by atoms with Crippen LogP contribution >= 0.6 is 0 Å². The molecule has 0 atom stereocenters. The van der Waals surface area contributed by atoms with Gasteiger partial charge in [0.25, 0.3) is 0 Å². The third kappa shape index (κ3) is 5.83. The number of hydrogen-bond acceptors (Lipinski definition) is 1. The quantitative estimate of drug-likeness (QED) is 0.787. The van der Waals surface area contributed by atoms with E-state index in [1.165, 1.54) is 31.7 Å². The van der Waals surface area contributed by atoms with Crippen molar-refractivity contribution in [1.29, 1.82) is 0 Å². The molecule has 0 saturated heterocycles. The molecule has 0 aromatic heterocycles. The van der Waals surface area contributed by atoms with Gasteiger partial charge in [-0.1, -0.05) is 26.0 Å². The minimum absolute atomic E-state index is 0.144. The Kier molecular flexibility index (Phi) is 6.20. The van der Waals surface area contributed by atoms with Crippen molar-refractivity contribution in [3.63, 3.8) is 0 Å². The molecule has 0 bridgehead atoms. The highest BCUT2D eigenvalue weighted by Gasteiger charge is 2.13. The summed E-state index contributed by atoms with van der Waals surface area (Å²) in [7, 11) is 0. The molecule has 2 heteroatoms. The standard InChI is InChI=1S/C8H9F.C7H15N/c1-2-7-4-3-5-8(9)6-7;1-6-2-4-7(8)5-3-6/h3-6H,2H2,1H3;6-7H,2-5,8H2,1H3.